The van der Waals surface area contributed by atoms with Gasteiger partial charge in [0, 0.05) is 20.2 Å². The number of aromatic nitrogens is 2. The first-order valence-corrected chi connectivity index (χ1v) is 5.72. The number of carbonyl (C=O) groups excluding carboxylic acids is 1. The number of hydrogen-bond acceptors (Lipinski definition) is 4. The number of rotatable bonds is 3. The van der Waals surface area contributed by atoms with Gasteiger partial charge in [-0.2, -0.15) is 0 Å². The number of amides is 1. The van der Waals surface area contributed by atoms with Gasteiger partial charge in [-0.3, -0.25) is 4.79 Å². The predicted octanol–water partition coefficient (Wildman–Crippen LogP) is 0.359. The molecule has 7 nitrogen and oxygen atoms in total. The van der Waals surface area contributed by atoms with Crippen molar-refractivity contribution in [3.63, 3.8) is 0 Å². The zero-order valence-corrected chi connectivity index (χ0v) is 10.0. The molecule has 18 heavy (non-hydrogen) atoms. The van der Waals surface area contributed by atoms with Gasteiger partial charge in [-0.15, -0.1) is 0 Å². The Labute approximate surface area is 104 Å². The van der Waals surface area contributed by atoms with E-state index in [0.29, 0.717) is 13.1 Å². The number of nitrogens with one attached hydrogen (secondary N) is 1. The van der Waals surface area contributed by atoms with Gasteiger partial charge < -0.3 is 19.7 Å². The average molecular weight is 253 g/mol. The SMILES string of the molecule is COC1CCCN(C(=O)c2nc[nH]c2C(=O)O)C1. The maximum absolute atomic E-state index is 12.2. The molecule has 1 aromatic heterocycles. The predicted molar refractivity (Wildman–Crippen MR) is 61.5 cm³/mol. The molecular formula is C11H15N3O4. The van der Waals surface area contributed by atoms with Crippen LogP contribution in [0.3, 0.4) is 0 Å². The number of H-pyrrole nitrogens is 1. The van der Waals surface area contributed by atoms with E-state index in [1.54, 1.807) is 12.0 Å². The minimum absolute atomic E-state index is 0.00919. The van der Waals surface area contributed by atoms with E-state index >= 15 is 0 Å². The van der Waals surface area contributed by atoms with E-state index in [9.17, 15) is 9.59 Å². The van der Waals surface area contributed by atoms with Crippen molar-refractivity contribution in [1.29, 1.82) is 0 Å². The van der Waals surface area contributed by atoms with E-state index in [0.717, 1.165) is 12.8 Å². The lowest BCUT2D eigenvalue weighted by Gasteiger charge is -2.31. The van der Waals surface area contributed by atoms with Gasteiger partial charge in [0.25, 0.3) is 5.91 Å². The number of carboxylic acid groups (broad SMARTS) is 1. The second kappa shape index (κ2) is 5.18. The molecule has 2 N–H and O–H groups in total. The van der Waals surface area contributed by atoms with Gasteiger partial charge in [0.05, 0.1) is 12.4 Å². The number of imidazole rings is 1. The average Bonchev–Trinajstić information content (AvgIpc) is 2.87. The van der Waals surface area contributed by atoms with Gasteiger partial charge in [-0.1, -0.05) is 0 Å². The van der Waals surface area contributed by atoms with E-state index in [1.807, 2.05) is 0 Å². The molecule has 7 heteroatoms. The summed E-state index contributed by atoms with van der Waals surface area (Å²) in [4.78, 5) is 30.9. The number of ether oxygens (including phenoxy) is 1. The number of nitrogens with zero attached hydrogens (tertiary/aromatic N) is 2. The number of aromatic amines is 1. The van der Waals surface area contributed by atoms with Crippen molar-refractivity contribution in [1.82, 2.24) is 14.9 Å². The molecule has 0 saturated carbocycles. The molecular weight excluding hydrogens is 238 g/mol. The van der Waals surface area contributed by atoms with Crippen LogP contribution >= 0.6 is 0 Å². The lowest BCUT2D eigenvalue weighted by molar-refractivity contribution is 0.0264. The molecule has 1 fully saturated rings. The minimum atomic E-state index is -1.18. The molecule has 1 aliphatic rings. The van der Waals surface area contributed by atoms with Crippen LogP contribution in [-0.4, -0.2) is 58.2 Å². The zero-order chi connectivity index (χ0) is 13.1. The molecule has 0 aromatic carbocycles. The van der Waals surface area contributed by atoms with Crippen LogP contribution < -0.4 is 0 Å². The van der Waals surface area contributed by atoms with Crippen molar-refractivity contribution in [3.8, 4) is 0 Å². The van der Waals surface area contributed by atoms with Gasteiger partial charge in [-0.05, 0) is 12.8 Å². The number of methoxy groups -OCH3 is 1. The standard InChI is InChI=1S/C11H15N3O4/c1-18-7-3-2-4-14(5-7)10(15)8-9(11(16)17)13-6-12-8/h6-7H,2-5H2,1H3,(H,12,13)(H,16,17). The first kappa shape index (κ1) is 12.6. The van der Waals surface area contributed by atoms with Gasteiger partial charge in [-0.25, -0.2) is 9.78 Å². The summed E-state index contributed by atoms with van der Waals surface area (Å²) in [7, 11) is 1.61. The molecule has 98 valence electrons. The number of carbonyl (C=O) groups is 2. The first-order chi connectivity index (χ1) is 8.63. The molecule has 1 amide bonds. The summed E-state index contributed by atoms with van der Waals surface area (Å²) in [5, 5.41) is 8.93. The summed E-state index contributed by atoms with van der Waals surface area (Å²) in [6.07, 6.45) is 2.98. The summed E-state index contributed by atoms with van der Waals surface area (Å²) < 4.78 is 5.23. The van der Waals surface area contributed by atoms with E-state index in [-0.39, 0.29) is 23.4 Å². The third kappa shape index (κ3) is 2.35. The van der Waals surface area contributed by atoms with E-state index in [2.05, 4.69) is 9.97 Å². The Morgan fingerprint density at radius 1 is 1.61 bits per heavy atom. The lowest BCUT2D eigenvalue weighted by atomic mass is 10.1. The van der Waals surface area contributed by atoms with Crippen molar-refractivity contribution in [2.45, 2.75) is 18.9 Å². The largest absolute Gasteiger partial charge is 0.477 e. The Morgan fingerprint density at radius 3 is 3.06 bits per heavy atom. The Hall–Kier alpha value is -1.89. The monoisotopic (exact) mass is 253 g/mol. The minimum Gasteiger partial charge on any atom is -0.477 e. The molecule has 2 rings (SSSR count). The van der Waals surface area contributed by atoms with Crippen molar-refractivity contribution < 1.29 is 19.4 Å². The van der Waals surface area contributed by atoms with Crippen molar-refractivity contribution in [2.24, 2.45) is 0 Å². The molecule has 1 aromatic rings. The van der Waals surface area contributed by atoms with Crippen LogP contribution in [0.4, 0.5) is 0 Å². The Kier molecular flexibility index (Phi) is 3.61. The van der Waals surface area contributed by atoms with Crippen molar-refractivity contribution in [2.75, 3.05) is 20.2 Å². The fourth-order valence-corrected chi connectivity index (χ4v) is 2.08. The first-order valence-electron chi connectivity index (χ1n) is 5.72. The molecule has 1 unspecified atom stereocenters. The molecule has 0 radical (unpaired) electrons. The maximum Gasteiger partial charge on any atom is 0.354 e. The number of piperidine rings is 1. The Bertz CT molecular complexity index is 457. The van der Waals surface area contributed by atoms with Crippen LogP contribution in [0.25, 0.3) is 0 Å². The zero-order valence-electron chi connectivity index (χ0n) is 10.0. The summed E-state index contributed by atoms with van der Waals surface area (Å²) in [6.45, 7) is 1.08. The van der Waals surface area contributed by atoms with E-state index in [1.165, 1.54) is 6.33 Å². The van der Waals surface area contributed by atoms with Gasteiger partial charge in [0.2, 0.25) is 0 Å². The highest BCUT2D eigenvalue weighted by atomic mass is 16.5. The topological polar surface area (TPSA) is 95.5 Å². The van der Waals surface area contributed by atoms with Gasteiger partial charge in [0.15, 0.2) is 11.4 Å². The van der Waals surface area contributed by atoms with Crippen LogP contribution in [0.15, 0.2) is 6.33 Å². The van der Waals surface area contributed by atoms with Crippen LogP contribution in [-0.2, 0) is 4.74 Å². The van der Waals surface area contributed by atoms with Crippen LogP contribution in [0.5, 0.6) is 0 Å². The normalized spacial score (nSPS) is 19.8. The number of carboxylic acids is 1. The van der Waals surface area contributed by atoms with Crippen LogP contribution in [0.2, 0.25) is 0 Å². The van der Waals surface area contributed by atoms with Gasteiger partial charge in [0.1, 0.15) is 0 Å². The third-order valence-electron chi connectivity index (χ3n) is 3.05. The highest BCUT2D eigenvalue weighted by molar-refractivity contribution is 6.02. The van der Waals surface area contributed by atoms with Crippen LogP contribution in [0.1, 0.15) is 33.8 Å². The number of hydrogen-bond donors (Lipinski definition) is 2. The fraction of sp³-hybridized carbons (Fsp3) is 0.545. The third-order valence-corrected chi connectivity index (χ3v) is 3.05. The summed E-state index contributed by atoms with van der Waals surface area (Å²) in [6, 6.07) is 0. The number of aromatic carboxylic acids is 1. The molecule has 2 heterocycles. The van der Waals surface area contributed by atoms with Gasteiger partial charge >= 0.3 is 5.97 Å². The summed E-state index contributed by atoms with van der Waals surface area (Å²) in [5.74, 6) is -1.55. The summed E-state index contributed by atoms with van der Waals surface area (Å²) >= 11 is 0. The molecule has 0 bridgehead atoms. The summed E-state index contributed by atoms with van der Waals surface area (Å²) in [5.41, 5.74) is -0.209. The molecule has 0 aliphatic carbocycles. The lowest BCUT2D eigenvalue weighted by Crippen LogP contribution is -2.43. The molecule has 1 atom stereocenters. The highest BCUT2D eigenvalue weighted by Gasteiger charge is 2.28. The molecule has 1 aliphatic heterocycles. The second-order valence-electron chi connectivity index (χ2n) is 4.18. The smallest absolute Gasteiger partial charge is 0.354 e. The Morgan fingerprint density at radius 2 is 2.39 bits per heavy atom. The molecule has 0 spiro atoms. The van der Waals surface area contributed by atoms with Crippen molar-refractivity contribution in [3.05, 3.63) is 17.7 Å². The van der Waals surface area contributed by atoms with Crippen molar-refractivity contribution >= 4 is 11.9 Å². The second-order valence-corrected chi connectivity index (χ2v) is 4.18. The molecule has 1 saturated heterocycles. The quantitative estimate of drug-likeness (QED) is 0.810. The fourth-order valence-electron chi connectivity index (χ4n) is 2.08. The van der Waals surface area contributed by atoms with E-state index in [4.69, 9.17) is 9.84 Å². The highest BCUT2D eigenvalue weighted by Crippen LogP contribution is 2.16. The Balaban J connectivity index is 2.15. The number of likely N-dealkylation sites (tertiary alicyclic amines) is 1. The maximum atomic E-state index is 12.2. The van der Waals surface area contributed by atoms with E-state index < -0.39 is 5.97 Å². The van der Waals surface area contributed by atoms with Crippen LogP contribution in [0, 0.1) is 0 Å².